The summed E-state index contributed by atoms with van der Waals surface area (Å²) in [7, 11) is 0. The van der Waals surface area contributed by atoms with Gasteiger partial charge in [-0.3, -0.25) is 4.79 Å². The Labute approximate surface area is 74.2 Å². The van der Waals surface area contributed by atoms with Crippen LogP contribution in [0.5, 0.6) is 0 Å². The molecule has 3 N–H and O–H groups in total. The van der Waals surface area contributed by atoms with Crippen LogP contribution in [0, 0.1) is 0 Å². The summed E-state index contributed by atoms with van der Waals surface area (Å²) in [6, 6.07) is 0. The van der Waals surface area contributed by atoms with Gasteiger partial charge in [0.05, 0.1) is 6.54 Å². The van der Waals surface area contributed by atoms with Gasteiger partial charge in [0.15, 0.2) is 0 Å². The normalized spacial score (nSPS) is 9.75. The number of hydrogen-bond donors (Lipinski definition) is 2. The number of anilines is 1. The lowest BCUT2D eigenvalue weighted by Crippen LogP contribution is -2.21. The molecule has 5 nitrogen and oxygen atoms in total. The molecule has 0 aliphatic heterocycles. The lowest BCUT2D eigenvalue weighted by atomic mass is 10.5. The summed E-state index contributed by atoms with van der Waals surface area (Å²) in [5.74, 6) is 0.384. The molecule has 12 heavy (non-hydrogen) atoms. The van der Waals surface area contributed by atoms with Gasteiger partial charge in [0.25, 0.3) is 0 Å². The Bertz CT molecular complexity index is 272. The van der Waals surface area contributed by atoms with E-state index in [0.717, 1.165) is 12.2 Å². The molecular formula is C6H10N4OS. The highest BCUT2D eigenvalue weighted by Crippen LogP contribution is 2.09. The predicted molar refractivity (Wildman–Crippen MR) is 47.0 cm³/mol. The van der Waals surface area contributed by atoms with Crippen molar-refractivity contribution in [1.82, 2.24) is 9.36 Å². The van der Waals surface area contributed by atoms with Crippen molar-refractivity contribution >= 4 is 22.6 Å². The average molecular weight is 186 g/mol. The van der Waals surface area contributed by atoms with E-state index in [1.165, 1.54) is 11.5 Å². The molecule has 1 aromatic rings. The van der Waals surface area contributed by atoms with E-state index in [-0.39, 0.29) is 6.54 Å². The highest BCUT2D eigenvalue weighted by Gasteiger charge is 2.01. The van der Waals surface area contributed by atoms with Crippen LogP contribution < -0.4 is 11.1 Å². The minimum Gasteiger partial charge on any atom is -0.368 e. The second-order valence-electron chi connectivity index (χ2n) is 2.19. The first-order chi connectivity index (χ1) is 5.72. The van der Waals surface area contributed by atoms with Crippen molar-refractivity contribution in [2.45, 2.75) is 13.3 Å². The molecule has 0 unspecified atom stereocenters. The minimum absolute atomic E-state index is 0.109. The lowest BCUT2D eigenvalue weighted by molar-refractivity contribution is -0.116. The molecule has 0 spiro atoms. The summed E-state index contributed by atoms with van der Waals surface area (Å²) in [6.07, 6.45) is 0.800. The third-order valence-corrected chi connectivity index (χ3v) is 1.91. The SMILES string of the molecule is CCc1nsc(NCC(N)=O)n1. The first-order valence-electron chi connectivity index (χ1n) is 3.57. The van der Waals surface area contributed by atoms with E-state index in [4.69, 9.17) is 5.73 Å². The van der Waals surface area contributed by atoms with Crippen LogP contribution in [0.2, 0.25) is 0 Å². The average Bonchev–Trinajstić information content (AvgIpc) is 2.48. The second-order valence-corrected chi connectivity index (χ2v) is 2.94. The third-order valence-electron chi connectivity index (χ3n) is 1.20. The maximum Gasteiger partial charge on any atom is 0.236 e. The fraction of sp³-hybridized carbons (Fsp3) is 0.500. The van der Waals surface area contributed by atoms with Crippen molar-refractivity contribution in [1.29, 1.82) is 0 Å². The van der Waals surface area contributed by atoms with E-state index in [2.05, 4.69) is 14.7 Å². The lowest BCUT2D eigenvalue weighted by Gasteiger charge is -1.94. The van der Waals surface area contributed by atoms with Crippen LogP contribution in [0.25, 0.3) is 0 Å². The highest BCUT2D eigenvalue weighted by molar-refractivity contribution is 7.09. The predicted octanol–water partition coefficient (Wildman–Crippen LogP) is -0.00230. The van der Waals surface area contributed by atoms with Crippen LogP contribution >= 0.6 is 11.5 Å². The molecule has 0 bridgehead atoms. The molecule has 1 rings (SSSR count). The van der Waals surface area contributed by atoms with Crippen LogP contribution in [-0.2, 0) is 11.2 Å². The summed E-state index contributed by atoms with van der Waals surface area (Å²) < 4.78 is 4.03. The van der Waals surface area contributed by atoms with E-state index in [1.807, 2.05) is 6.92 Å². The number of nitrogens with two attached hydrogens (primary N) is 1. The van der Waals surface area contributed by atoms with Gasteiger partial charge in [0.1, 0.15) is 5.82 Å². The number of nitrogens with one attached hydrogen (secondary N) is 1. The smallest absolute Gasteiger partial charge is 0.236 e. The van der Waals surface area contributed by atoms with Gasteiger partial charge >= 0.3 is 0 Å². The number of rotatable bonds is 4. The topological polar surface area (TPSA) is 80.9 Å². The van der Waals surface area contributed by atoms with Crippen LogP contribution in [0.15, 0.2) is 0 Å². The molecule has 0 aliphatic rings. The molecule has 0 radical (unpaired) electrons. The Balaban J connectivity index is 2.47. The van der Waals surface area contributed by atoms with E-state index in [0.29, 0.717) is 5.13 Å². The van der Waals surface area contributed by atoms with Crippen LogP contribution in [0.1, 0.15) is 12.7 Å². The summed E-state index contributed by atoms with van der Waals surface area (Å²) in [5, 5.41) is 3.41. The van der Waals surface area contributed by atoms with Gasteiger partial charge < -0.3 is 11.1 Å². The number of aryl methyl sites for hydroxylation is 1. The Hall–Kier alpha value is -1.17. The zero-order valence-electron chi connectivity index (χ0n) is 6.70. The van der Waals surface area contributed by atoms with E-state index >= 15 is 0 Å². The number of primary amides is 1. The Morgan fingerprint density at radius 1 is 1.75 bits per heavy atom. The molecule has 66 valence electrons. The van der Waals surface area contributed by atoms with Gasteiger partial charge in [0, 0.05) is 18.0 Å². The zero-order valence-corrected chi connectivity index (χ0v) is 7.52. The molecule has 1 heterocycles. The standard InChI is InChI=1S/C6H10N4OS/c1-2-5-9-6(12-10-5)8-3-4(7)11/h2-3H2,1H3,(H2,7,11)(H,8,9,10). The largest absolute Gasteiger partial charge is 0.368 e. The molecule has 1 aromatic heterocycles. The number of hydrogen-bond acceptors (Lipinski definition) is 5. The number of carbonyl (C=O) groups is 1. The first-order valence-corrected chi connectivity index (χ1v) is 4.34. The number of amides is 1. The molecule has 0 fully saturated rings. The molecule has 0 aliphatic carbocycles. The van der Waals surface area contributed by atoms with Crippen molar-refractivity contribution in [2.24, 2.45) is 5.73 Å². The van der Waals surface area contributed by atoms with Gasteiger partial charge in [-0.2, -0.15) is 4.37 Å². The third kappa shape index (κ3) is 2.46. The Morgan fingerprint density at radius 3 is 3.00 bits per heavy atom. The summed E-state index contributed by atoms with van der Waals surface area (Å²) in [6.45, 7) is 2.08. The Kier molecular flexibility index (Phi) is 2.98. The minimum atomic E-state index is -0.400. The number of carbonyl (C=O) groups excluding carboxylic acids is 1. The Morgan fingerprint density at radius 2 is 2.50 bits per heavy atom. The molecule has 0 saturated carbocycles. The molecular weight excluding hydrogens is 176 g/mol. The van der Waals surface area contributed by atoms with Crippen LogP contribution in [0.3, 0.4) is 0 Å². The van der Waals surface area contributed by atoms with Crippen LogP contribution in [0.4, 0.5) is 5.13 Å². The van der Waals surface area contributed by atoms with E-state index in [1.54, 1.807) is 0 Å². The van der Waals surface area contributed by atoms with Gasteiger partial charge in [-0.15, -0.1) is 0 Å². The molecule has 1 amide bonds. The zero-order chi connectivity index (χ0) is 8.97. The van der Waals surface area contributed by atoms with Crippen LogP contribution in [-0.4, -0.2) is 21.8 Å². The van der Waals surface area contributed by atoms with Gasteiger partial charge in [-0.05, 0) is 0 Å². The number of aromatic nitrogens is 2. The number of nitrogens with zero attached hydrogens (tertiary/aromatic N) is 2. The van der Waals surface area contributed by atoms with E-state index in [9.17, 15) is 4.79 Å². The maximum absolute atomic E-state index is 10.4. The summed E-state index contributed by atoms with van der Waals surface area (Å²) >= 11 is 1.24. The van der Waals surface area contributed by atoms with E-state index < -0.39 is 5.91 Å². The summed E-state index contributed by atoms with van der Waals surface area (Å²) in [4.78, 5) is 14.5. The van der Waals surface area contributed by atoms with Gasteiger partial charge in [0.2, 0.25) is 11.0 Å². The van der Waals surface area contributed by atoms with Crippen molar-refractivity contribution in [3.63, 3.8) is 0 Å². The first kappa shape index (κ1) is 8.92. The highest BCUT2D eigenvalue weighted by atomic mass is 32.1. The van der Waals surface area contributed by atoms with Crippen molar-refractivity contribution in [3.05, 3.63) is 5.82 Å². The van der Waals surface area contributed by atoms with Gasteiger partial charge in [-0.25, -0.2) is 4.98 Å². The maximum atomic E-state index is 10.4. The molecule has 6 heteroatoms. The monoisotopic (exact) mass is 186 g/mol. The fourth-order valence-corrected chi connectivity index (χ4v) is 1.28. The second kappa shape index (κ2) is 4.01. The van der Waals surface area contributed by atoms with Crippen molar-refractivity contribution < 1.29 is 4.79 Å². The molecule has 0 atom stereocenters. The summed E-state index contributed by atoms with van der Waals surface area (Å²) in [5.41, 5.74) is 4.93. The van der Waals surface area contributed by atoms with Gasteiger partial charge in [-0.1, -0.05) is 6.92 Å². The quantitative estimate of drug-likeness (QED) is 0.693. The van der Waals surface area contributed by atoms with Crippen molar-refractivity contribution in [2.75, 3.05) is 11.9 Å². The molecule has 0 saturated heterocycles. The fourth-order valence-electron chi connectivity index (χ4n) is 0.632. The molecule has 0 aromatic carbocycles. The van der Waals surface area contributed by atoms with Crippen molar-refractivity contribution in [3.8, 4) is 0 Å².